The van der Waals surface area contributed by atoms with Crippen LogP contribution in [0.15, 0.2) is 46.6 Å². The quantitative estimate of drug-likeness (QED) is 0.364. The lowest BCUT2D eigenvalue weighted by molar-refractivity contribution is 0.0939. The number of H-pyrrole nitrogens is 2. The van der Waals surface area contributed by atoms with Crippen molar-refractivity contribution in [1.82, 2.24) is 30.5 Å². The van der Waals surface area contributed by atoms with Crippen LogP contribution in [0, 0.1) is 0 Å². The zero-order valence-electron chi connectivity index (χ0n) is 17.0. The Hall–Kier alpha value is -3.40. The van der Waals surface area contributed by atoms with E-state index in [1.807, 2.05) is 37.3 Å². The van der Waals surface area contributed by atoms with Crippen LogP contribution < -0.4 is 15.6 Å². The highest BCUT2D eigenvalue weighted by atomic mass is 32.2. The van der Waals surface area contributed by atoms with Gasteiger partial charge in [0, 0.05) is 12.3 Å². The molecule has 0 saturated carbocycles. The molecule has 0 aliphatic heterocycles. The molecule has 2 heterocycles. The van der Waals surface area contributed by atoms with Crippen LogP contribution >= 0.6 is 11.8 Å². The van der Waals surface area contributed by atoms with Crippen molar-refractivity contribution in [3.05, 3.63) is 69.7 Å². The maximum absolute atomic E-state index is 12.5. The van der Waals surface area contributed by atoms with E-state index in [2.05, 4.69) is 30.5 Å². The third-order valence-corrected chi connectivity index (χ3v) is 5.61. The van der Waals surface area contributed by atoms with Crippen molar-refractivity contribution < 1.29 is 9.53 Å². The highest BCUT2D eigenvalue weighted by molar-refractivity contribution is 7.99. The van der Waals surface area contributed by atoms with Crippen molar-refractivity contribution >= 4 is 23.2 Å². The molecule has 0 atom stereocenters. The van der Waals surface area contributed by atoms with Gasteiger partial charge in [0.1, 0.15) is 12.1 Å². The Bertz CT molecular complexity index is 1160. The zero-order chi connectivity index (χ0) is 21.6. The molecule has 0 spiro atoms. The van der Waals surface area contributed by atoms with E-state index in [0.29, 0.717) is 36.6 Å². The van der Waals surface area contributed by atoms with E-state index in [1.54, 1.807) is 0 Å². The number of fused-ring (bicyclic) bond motifs is 1. The number of carbonyl (C=O) groups excluding carboxylic acids is 1. The first-order chi connectivity index (χ1) is 15.1. The number of rotatable bonds is 8. The number of carbonyl (C=O) groups is 1. The van der Waals surface area contributed by atoms with Gasteiger partial charge in [0.15, 0.2) is 11.0 Å². The molecule has 0 saturated heterocycles. The molecule has 3 aromatic rings. The summed E-state index contributed by atoms with van der Waals surface area (Å²) >= 11 is 1.52. The second kappa shape index (κ2) is 9.61. The Labute approximate surface area is 182 Å². The van der Waals surface area contributed by atoms with Crippen LogP contribution in [0.25, 0.3) is 5.57 Å². The minimum absolute atomic E-state index is 0.0373. The van der Waals surface area contributed by atoms with Crippen LogP contribution in [-0.4, -0.2) is 43.4 Å². The SMILES string of the molecule is CC1=CCCc2nc(C(=O)NCc3cccc(OCCSc4ncn[nH]4)c3)[nH]c(=O)c21. The summed E-state index contributed by atoms with van der Waals surface area (Å²) in [6.45, 7) is 2.69. The van der Waals surface area contributed by atoms with Crippen LogP contribution in [-0.2, 0) is 13.0 Å². The Morgan fingerprint density at radius 1 is 1.35 bits per heavy atom. The van der Waals surface area contributed by atoms with Gasteiger partial charge >= 0.3 is 0 Å². The summed E-state index contributed by atoms with van der Waals surface area (Å²) in [6.07, 6.45) is 4.96. The summed E-state index contributed by atoms with van der Waals surface area (Å²) in [7, 11) is 0. The van der Waals surface area contributed by atoms with Crippen molar-refractivity contribution in [3.63, 3.8) is 0 Å². The number of aryl methyl sites for hydroxylation is 1. The summed E-state index contributed by atoms with van der Waals surface area (Å²) in [5.74, 6) is 1.06. The fourth-order valence-corrected chi connectivity index (χ4v) is 3.91. The minimum Gasteiger partial charge on any atom is -0.493 e. The van der Waals surface area contributed by atoms with Gasteiger partial charge < -0.3 is 15.0 Å². The summed E-state index contributed by atoms with van der Waals surface area (Å²) in [4.78, 5) is 35.9. The topological polar surface area (TPSA) is 126 Å². The molecule has 31 heavy (non-hydrogen) atoms. The Balaban J connectivity index is 1.32. The van der Waals surface area contributed by atoms with Gasteiger partial charge in [-0.1, -0.05) is 30.0 Å². The van der Waals surface area contributed by atoms with E-state index < -0.39 is 5.91 Å². The van der Waals surface area contributed by atoms with E-state index in [9.17, 15) is 9.59 Å². The normalized spacial score (nSPS) is 12.7. The lowest BCUT2D eigenvalue weighted by Crippen LogP contribution is -2.30. The molecule has 3 N–H and O–H groups in total. The number of amides is 1. The first kappa shape index (κ1) is 20.9. The lowest BCUT2D eigenvalue weighted by atomic mass is 9.97. The molecular weight excluding hydrogens is 416 g/mol. The number of allylic oxidation sites excluding steroid dienone is 2. The minimum atomic E-state index is -0.415. The molecule has 4 rings (SSSR count). The number of hydrogen-bond acceptors (Lipinski definition) is 7. The van der Waals surface area contributed by atoms with Crippen molar-refractivity contribution in [2.45, 2.75) is 31.5 Å². The number of aromatic nitrogens is 5. The number of hydrogen-bond donors (Lipinski definition) is 3. The lowest BCUT2D eigenvalue weighted by Gasteiger charge is -2.14. The Morgan fingerprint density at radius 2 is 2.26 bits per heavy atom. The van der Waals surface area contributed by atoms with Crippen molar-refractivity contribution in [3.8, 4) is 5.75 Å². The Kier molecular flexibility index (Phi) is 6.46. The number of aromatic amines is 2. The number of thioether (sulfide) groups is 1. The summed E-state index contributed by atoms with van der Waals surface area (Å²) in [5, 5.41) is 10.1. The van der Waals surface area contributed by atoms with Crippen LogP contribution in [0.1, 0.15) is 40.8 Å². The molecule has 0 unspecified atom stereocenters. The largest absolute Gasteiger partial charge is 0.493 e. The molecular formula is C21H22N6O3S. The molecule has 10 heteroatoms. The maximum atomic E-state index is 12.5. The molecule has 0 bridgehead atoms. The highest BCUT2D eigenvalue weighted by Gasteiger charge is 2.19. The smallest absolute Gasteiger partial charge is 0.287 e. The molecule has 160 valence electrons. The Morgan fingerprint density at radius 3 is 3.10 bits per heavy atom. The number of ether oxygens (including phenoxy) is 1. The molecule has 9 nitrogen and oxygen atoms in total. The maximum Gasteiger partial charge on any atom is 0.287 e. The van der Waals surface area contributed by atoms with Gasteiger partial charge in [0.05, 0.1) is 17.9 Å². The molecule has 1 aromatic carbocycles. The van der Waals surface area contributed by atoms with E-state index in [1.165, 1.54) is 18.1 Å². The second-order valence-electron chi connectivity index (χ2n) is 6.98. The summed E-state index contributed by atoms with van der Waals surface area (Å²) < 4.78 is 5.76. The molecule has 0 fully saturated rings. The van der Waals surface area contributed by atoms with Crippen LogP contribution in [0.2, 0.25) is 0 Å². The van der Waals surface area contributed by atoms with E-state index in [0.717, 1.165) is 28.5 Å². The fourth-order valence-electron chi connectivity index (χ4n) is 3.32. The zero-order valence-corrected chi connectivity index (χ0v) is 17.8. The molecule has 1 aliphatic carbocycles. The second-order valence-corrected chi connectivity index (χ2v) is 8.06. The van der Waals surface area contributed by atoms with Crippen molar-refractivity contribution in [2.24, 2.45) is 0 Å². The summed E-state index contributed by atoms with van der Waals surface area (Å²) in [6, 6.07) is 7.50. The first-order valence-corrected chi connectivity index (χ1v) is 10.9. The van der Waals surface area contributed by atoms with E-state index >= 15 is 0 Å². The van der Waals surface area contributed by atoms with Crippen LogP contribution in [0.3, 0.4) is 0 Å². The van der Waals surface area contributed by atoms with Gasteiger partial charge in [-0.15, -0.1) is 0 Å². The molecule has 0 radical (unpaired) electrons. The van der Waals surface area contributed by atoms with Gasteiger partial charge in [-0.3, -0.25) is 14.7 Å². The third-order valence-electron chi connectivity index (χ3n) is 4.77. The van der Waals surface area contributed by atoms with Crippen molar-refractivity contribution in [1.29, 1.82) is 0 Å². The predicted molar refractivity (Wildman–Crippen MR) is 117 cm³/mol. The van der Waals surface area contributed by atoms with Gasteiger partial charge in [-0.2, -0.15) is 5.10 Å². The average Bonchev–Trinajstić information content (AvgIpc) is 3.29. The fraction of sp³-hybridized carbons (Fsp3) is 0.286. The molecule has 1 aliphatic rings. The third kappa shape index (κ3) is 5.21. The molecule has 1 amide bonds. The van der Waals surface area contributed by atoms with E-state index in [4.69, 9.17) is 4.74 Å². The van der Waals surface area contributed by atoms with E-state index in [-0.39, 0.29) is 11.4 Å². The van der Waals surface area contributed by atoms with Gasteiger partial charge in [0.25, 0.3) is 11.5 Å². The average molecular weight is 439 g/mol. The molecule has 2 aromatic heterocycles. The highest BCUT2D eigenvalue weighted by Crippen LogP contribution is 2.21. The van der Waals surface area contributed by atoms with Crippen LogP contribution in [0.5, 0.6) is 5.75 Å². The van der Waals surface area contributed by atoms with Gasteiger partial charge in [0.2, 0.25) is 0 Å². The van der Waals surface area contributed by atoms with Gasteiger partial charge in [-0.05, 0) is 43.0 Å². The summed E-state index contributed by atoms with van der Waals surface area (Å²) in [5.41, 5.74) is 2.76. The number of nitrogens with one attached hydrogen (secondary N) is 3. The van der Waals surface area contributed by atoms with Gasteiger partial charge in [-0.25, -0.2) is 9.97 Å². The first-order valence-electron chi connectivity index (χ1n) is 9.88. The standard InChI is InChI=1S/C21H22N6O3S/c1-13-4-2-7-16-17(13)19(28)26-18(25-16)20(29)22-11-14-5-3-6-15(10-14)30-8-9-31-21-23-12-24-27-21/h3-6,10,12H,2,7-9,11H2,1H3,(H,22,29)(H,23,24,27)(H,25,26,28). The van der Waals surface area contributed by atoms with Crippen LogP contribution in [0.4, 0.5) is 0 Å². The number of benzene rings is 1. The monoisotopic (exact) mass is 438 g/mol. The number of nitrogens with zero attached hydrogens (tertiary/aromatic N) is 3. The predicted octanol–water partition coefficient (Wildman–Crippen LogP) is 2.34. The van der Waals surface area contributed by atoms with Crippen molar-refractivity contribution in [2.75, 3.05) is 12.4 Å².